The van der Waals surface area contributed by atoms with Crippen LogP contribution in [-0.2, 0) is 0 Å². The van der Waals surface area contributed by atoms with E-state index in [-0.39, 0.29) is 0 Å². The molecule has 0 aromatic heterocycles. The van der Waals surface area contributed by atoms with Crippen LogP contribution in [0.3, 0.4) is 0 Å². The van der Waals surface area contributed by atoms with Crippen molar-refractivity contribution >= 4 is 0 Å². The molecule has 0 bridgehead atoms. The fourth-order valence-corrected chi connectivity index (χ4v) is 3.22. The van der Waals surface area contributed by atoms with Crippen LogP contribution in [0.1, 0.15) is 47.0 Å². The topological polar surface area (TPSA) is 26.0 Å². The maximum atomic E-state index is 5.84. The molecular formula is C11H23N. The largest absolute Gasteiger partial charge is 0.330 e. The average molecular weight is 169 g/mol. The van der Waals surface area contributed by atoms with Crippen LogP contribution in [0.4, 0.5) is 0 Å². The molecule has 0 aromatic rings. The van der Waals surface area contributed by atoms with E-state index in [1.165, 1.54) is 19.3 Å². The second kappa shape index (κ2) is 3.02. The van der Waals surface area contributed by atoms with E-state index in [4.69, 9.17) is 5.73 Å². The van der Waals surface area contributed by atoms with Gasteiger partial charge < -0.3 is 5.73 Å². The molecule has 1 nitrogen and oxygen atoms in total. The van der Waals surface area contributed by atoms with Crippen LogP contribution >= 0.6 is 0 Å². The third kappa shape index (κ3) is 2.01. The van der Waals surface area contributed by atoms with Crippen molar-refractivity contribution in [3.05, 3.63) is 0 Å². The summed E-state index contributed by atoms with van der Waals surface area (Å²) in [6.45, 7) is 10.2. The fraction of sp³-hybridized carbons (Fsp3) is 1.00. The van der Waals surface area contributed by atoms with Gasteiger partial charge in [-0.05, 0) is 42.6 Å². The van der Waals surface area contributed by atoms with Crippen LogP contribution in [0.25, 0.3) is 0 Å². The minimum Gasteiger partial charge on any atom is -0.330 e. The Kier molecular flexibility index (Phi) is 2.53. The molecule has 0 aromatic carbocycles. The van der Waals surface area contributed by atoms with Crippen molar-refractivity contribution in [1.29, 1.82) is 0 Å². The fourth-order valence-electron chi connectivity index (χ4n) is 3.22. The Balaban J connectivity index is 2.47. The Hall–Kier alpha value is -0.0400. The first-order valence-electron chi connectivity index (χ1n) is 5.09. The van der Waals surface area contributed by atoms with Gasteiger partial charge in [0.25, 0.3) is 0 Å². The molecule has 0 spiro atoms. The van der Waals surface area contributed by atoms with Gasteiger partial charge in [0, 0.05) is 0 Å². The smallest absolute Gasteiger partial charge is 0.00200 e. The highest BCUT2D eigenvalue weighted by molar-refractivity contribution is 4.99. The summed E-state index contributed by atoms with van der Waals surface area (Å²) in [6, 6.07) is 0. The average Bonchev–Trinajstić information content (AvgIpc) is 1.81. The molecule has 1 saturated carbocycles. The van der Waals surface area contributed by atoms with Gasteiger partial charge in [-0.3, -0.25) is 0 Å². The second-order valence-corrected chi connectivity index (χ2v) is 5.82. The van der Waals surface area contributed by atoms with Gasteiger partial charge >= 0.3 is 0 Å². The molecule has 0 amide bonds. The number of hydrogen-bond acceptors (Lipinski definition) is 1. The minimum absolute atomic E-state index is 0.498. The first-order valence-corrected chi connectivity index (χ1v) is 5.09. The first-order chi connectivity index (χ1) is 5.39. The maximum Gasteiger partial charge on any atom is -0.00200 e. The van der Waals surface area contributed by atoms with Gasteiger partial charge in [-0.1, -0.05) is 27.7 Å². The molecule has 0 aliphatic heterocycles. The molecule has 72 valence electrons. The van der Waals surface area contributed by atoms with Gasteiger partial charge in [0.2, 0.25) is 0 Å². The van der Waals surface area contributed by atoms with Crippen LogP contribution in [0.2, 0.25) is 0 Å². The lowest BCUT2D eigenvalue weighted by Crippen LogP contribution is -2.48. The SMILES string of the molecule is CC(C)CC1(CN)CC(C)(C)C1. The number of rotatable bonds is 3. The molecule has 0 radical (unpaired) electrons. The first kappa shape index (κ1) is 10.0. The summed E-state index contributed by atoms with van der Waals surface area (Å²) in [5, 5.41) is 0. The summed E-state index contributed by atoms with van der Waals surface area (Å²) in [5.41, 5.74) is 6.90. The zero-order valence-electron chi connectivity index (χ0n) is 8.98. The molecule has 0 heterocycles. The Bertz CT molecular complexity index is 145. The van der Waals surface area contributed by atoms with E-state index in [9.17, 15) is 0 Å². The van der Waals surface area contributed by atoms with E-state index in [1.54, 1.807) is 0 Å². The molecule has 1 heteroatoms. The van der Waals surface area contributed by atoms with Crippen molar-refractivity contribution in [2.24, 2.45) is 22.5 Å². The molecular weight excluding hydrogens is 146 g/mol. The predicted octanol–water partition coefficient (Wildman–Crippen LogP) is 2.80. The van der Waals surface area contributed by atoms with Crippen LogP contribution in [0, 0.1) is 16.7 Å². The molecule has 1 aliphatic rings. The lowest BCUT2D eigenvalue weighted by molar-refractivity contribution is -0.0216. The summed E-state index contributed by atoms with van der Waals surface area (Å²) in [4.78, 5) is 0. The van der Waals surface area contributed by atoms with Gasteiger partial charge in [-0.2, -0.15) is 0 Å². The van der Waals surface area contributed by atoms with Gasteiger partial charge in [-0.15, -0.1) is 0 Å². The zero-order chi connectivity index (χ0) is 9.41. The van der Waals surface area contributed by atoms with Gasteiger partial charge in [0.1, 0.15) is 0 Å². The second-order valence-electron chi connectivity index (χ2n) is 5.82. The standard InChI is InChI=1S/C11H23N/c1-9(2)5-11(8-12)6-10(3,4)7-11/h9H,5-8,12H2,1-4H3. The summed E-state index contributed by atoms with van der Waals surface area (Å²) in [5.74, 6) is 0.796. The summed E-state index contributed by atoms with van der Waals surface area (Å²) in [7, 11) is 0. The van der Waals surface area contributed by atoms with E-state index in [0.717, 1.165) is 12.5 Å². The molecule has 12 heavy (non-hydrogen) atoms. The quantitative estimate of drug-likeness (QED) is 0.690. The predicted molar refractivity (Wildman–Crippen MR) is 54.0 cm³/mol. The zero-order valence-corrected chi connectivity index (χ0v) is 8.98. The van der Waals surface area contributed by atoms with Gasteiger partial charge in [0.05, 0.1) is 0 Å². The summed E-state index contributed by atoms with van der Waals surface area (Å²) >= 11 is 0. The van der Waals surface area contributed by atoms with Crippen molar-refractivity contribution in [2.75, 3.05) is 6.54 Å². The maximum absolute atomic E-state index is 5.84. The highest BCUT2D eigenvalue weighted by atomic mass is 14.7. The van der Waals surface area contributed by atoms with Crippen molar-refractivity contribution < 1.29 is 0 Å². The third-order valence-electron chi connectivity index (χ3n) is 2.98. The Morgan fingerprint density at radius 2 is 1.75 bits per heavy atom. The van der Waals surface area contributed by atoms with Crippen molar-refractivity contribution in [1.82, 2.24) is 0 Å². The van der Waals surface area contributed by atoms with E-state index >= 15 is 0 Å². The monoisotopic (exact) mass is 169 g/mol. The molecule has 1 fully saturated rings. The molecule has 0 saturated heterocycles. The van der Waals surface area contributed by atoms with E-state index < -0.39 is 0 Å². The molecule has 0 unspecified atom stereocenters. The van der Waals surface area contributed by atoms with Crippen LogP contribution in [0.15, 0.2) is 0 Å². The van der Waals surface area contributed by atoms with Crippen molar-refractivity contribution in [2.45, 2.75) is 47.0 Å². The highest BCUT2D eigenvalue weighted by Crippen LogP contribution is 2.56. The van der Waals surface area contributed by atoms with Crippen LogP contribution < -0.4 is 5.73 Å². The van der Waals surface area contributed by atoms with Crippen LogP contribution in [0.5, 0.6) is 0 Å². The lowest BCUT2D eigenvalue weighted by Gasteiger charge is -2.54. The van der Waals surface area contributed by atoms with Crippen LogP contribution in [-0.4, -0.2) is 6.54 Å². The minimum atomic E-state index is 0.498. The molecule has 1 rings (SSSR count). The summed E-state index contributed by atoms with van der Waals surface area (Å²) in [6.07, 6.45) is 3.97. The Labute approximate surface area is 76.7 Å². The van der Waals surface area contributed by atoms with Gasteiger partial charge in [0.15, 0.2) is 0 Å². The molecule has 1 aliphatic carbocycles. The van der Waals surface area contributed by atoms with Gasteiger partial charge in [-0.25, -0.2) is 0 Å². The lowest BCUT2D eigenvalue weighted by atomic mass is 9.52. The summed E-state index contributed by atoms with van der Waals surface area (Å²) < 4.78 is 0. The van der Waals surface area contributed by atoms with E-state index in [2.05, 4.69) is 27.7 Å². The van der Waals surface area contributed by atoms with E-state index in [1.807, 2.05) is 0 Å². The number of hydrogen-bond donors (Lipinski definition) is 1. The molecule has 2 N–H and O–H groups in total. The Morgan fingerprint density at radius 1 is 1.25 bits per heavy atom. The number of nitrogens with two attached hydrogens (primary N) is 1. The van der Waals surface area contributed by atoms with Crippen molar-refractivity contribution in [3.8, 4) is 0 Å². The normalized spacial score (nSPS) is 25.5. The highest BCUT2D eigenvalue weighted by Gasteiger charge is 2.47. The molecule has 0 atom stereocenters. The van der Waals surface area contributed by atoms with Crippen molar-refractivity contribution in [3.63, 3.8) is 0 Å². The Morgan fingerprint density at radius 3 is 2.00 bits per heavy atom. The van der Waals surface area contributed by atoms with E-state index in [0.29, 0.717) is 10.8 Å². The third-order valence-corrected chi connectivity index (χ3v) is 2.98.